The number of carbonyl (C=O) groups is 2. The Morgan fingerprint density at radius 1 is 0.603 bits per heavy atom. The van der Waals surface area contributed by atoms with E-state index < -0.39 is 38.6 Å². The third-order valence-corrected chi connectivity index (χ3v) is 10.8. The summed E-state index contributed by atoms with van der Waals surface area (Å²) in [5.41, 5.74) is 5.34. The predicted molar refractivity (Wildman–Crippen MR) is 239 cm³/mol. The first kappa shape index (κ1) is 55.9. The van der Waals surface area contributed by atoms with Crippen LogP contribution in [0.4, 0.5) is 0 Å². The molecule has 0 saturated heterocycles. The lowest BCUT2D eigenvalue weighted by Gasteiger charge is -2.20. The van der Waals surface area contributed by atoms with Crippen molar-refractivity contribution in [1.82, 2.24) is 0 Å². The Hall–Kier alpha value is -2.07. The van der Waals surface area contributed by atoms with Gasteiger partial charge < -0.3 is 25.2 Å². The first-order valence-electron chi connectivity index (χ1n) is 23.2. The number of aliphatic hydroxyl groups is 1. The third-order valence-electron chi connectivity index (χ3n) is 9.82. The first-order chi connectivity index (χ1) is 28.2. The number of carbonyl (C=O) groups excluding carboxylic acids is 2. The molecule has 0 spiro atoms. The number of aliphatic hydroxyl groups excluding tert-OH is 1. The second-order valence-corrected chi connectivity index (χ2v) is 16.9. The molecule has 0 rings (SSSR count). The summed E-state index contributed by atoms with van der Waals surface area (Å²) < 4.78 is 32.7. The molecule has 0 aliphatic rings. The fourth-order valence-corrected chi connectivity index (χ4v) is 7.09. The van der Waals surface area contributed by atoms with Crippen molar-refractivity contribution in [3.63, 3.8) is 0 Å². The van der Waals surface area contributed by atoms with E-state index >= 15 is 0 Å². The second-order valence-electron chi connectivity index (χ2n) is 15.5. The summed E-state index contributed by atoms with van der Waals surface area (Å²) in [4.78, 5) is 34.9. The molecule has 1 unspecified atom stereocenters. The number of hydrogen-bond acceptors (Lipinski definition) is 9. The summed E-state index contributed by atoms with van der Waals surface area (Å²) in [5.74, 6) is -1.03. The van der Waals surface area contributed by atoms with Crippen LogP contribution in [0.25, 0.3) is 0 Å². The molecule has 0 heterocycles. The Morgan fingerprint density at radius 2 is 1.10 bits per heavy atom. The zero-order chi connectivity index (χ0) is 42.6. The summed E-state index contributed by atoms with van der Waals surface area (Å²) >= 11 is 0. The monoisotopic (exact) mass is 840 g/mol. The normalized spacial score (nSPS) is 14.2. The minimum absolute atomic E-state index is 0.0275. The lowest BCUT2D eigenvalue weighted by Crippen LogP contribution is -2.29. The van der Waals surface area contributed by atoms with Crippen molar-refractivity contribution in [2.75, 3.05) is 26.4 Å². The summed E-state index contributed by atoms with van der Waals surface area (Å²) in [6.07, 6.45) is 46.0. The molecule has 0 radical (unpaired) electrons. The van der Waals surface area contributed by atoms with Crippen LogP contribution in [0.1, 0.15) is 200 Å². The minimum Gasteiger partial charge on any atom is -0.462 e. The van der Waals surface area contributed by atoms with E-state index in [0.717, 1.165) is 38.5 Å². The largest absolute Gasteiger partial charge is 0.472 e. The molecule has 4 N–H and O–H groups in total. The quantitative estimate of drug-likeness (QED) is 0.0178. The highest BCUT2D eigenvalue weighted by Gasteiger charge is 2.26. The molecule has 0 bridgehead atoms. The number of phosphoric acid groups is 1. The number of phosphoric ester groups is 1. The van der Waals surface area contributed by atoms with Gasteiger partial charge in [0.15, 0.2) is 6.10 Å². The molecular formula is C47H86NO9P. The molecule has 0 aliphatic carbocycles. The van der Waals surface area contributed by atoms with Gasteiger partial charge in [-0.1, -0.05) is 191 Å². The van der Waals surface area contributed by atoms with Crippen molar-refractivity contribution in [2.24, 2.45) is 5.73 Å². The van der Waals surface area contributed by atoms with E-state index in [9.17, 15) is 24.2 Å². The third kappa shape index (κ3) is 42.1. The Morgan fingerprint density at radius 3 is 1.67 bits per heavy atom. The summed E-state index contributed by atoms with van der Waals surface area (Å²) in [6.45, 7) is 3.50. The van der Waals surface area contributed by atoms with E-state index in [1.807, 2.05) is 12.2 Å². The van der Waals surface area contributed by atoms with Crippen LogP contribution >= 0.6 is 7.82 Å². The number of rotatable bonds is 43. The van der Waals surface area contributed by atoms with Crippen molar-refractivity contribution in [3.8, 4) is 0 Å². The lowest BCUT2D eigenvalue weighted by atomic mass is 10.0. The zero-order valence-electron chi connectivity index (χ0n) is 36.9. The van der Waals surface area contributed by atoms with Gasteiger partial charge in [0.2, 0.25) is 0 Å². The van der Waals surface area contributed by atoms with E-state index in [4.69, 9.17) is 24.3 Å². The molecule has 0 aromatic heterocycles. The molecule has 10 nitrogen and oxygen atoms in total. The molecule has 0 saturated carbocycles. The van der Waals surface area contributed by atoms with Crippen LogP contribution in [0.2, 0.25) is 0 Å². The van der Waals surface area contributed by atoms with Crippen LogP contribution in [0, 0.1) is 0 Å². The standard InChI is InChI=1S/C47H86NO9P/c1-3-5-7-9-11-13-15-17-18-19-20-21-22-24-26-28-30-32-34-38-47(51)57-45(43-56-58(52,53)55-41-40-48)42-54-46(50)39-35-37-44(49)36-33-31-29-27-25-23-16-14-12-10-8-6-4-2/h12,14,23,25,29,31,33,36,44-45,49H,3-11,13,15-22,24,26-28,30,32,34-35,37-43,48H2,1-2H3,(H,52,53)/b14-12-,25-23-,31-29-,36-33+/t44-,45-/m1/s1. The van der Waals surface area contributed by atoms with Crippen LogP contribution < -0.4 is 5.73 Å². The van der Waals surface area contributed by atoms with Gasteiger partial charge in [-0.2, -0.15) is 0 Å². The molecule has 0 aromatic carbocycles. The molecule has 0 amide bonds. The fraction of sp³-hybridized carbons (Fsp3) is 0.787. The molecule has 11 heteroatoms. The van der Waals surface area contributed by atoms with Gasteiger partial charge in [-0.15, -0.1) is 0 Å². The Labute approximate surface area is 354 Å². The van der Waals surface area contributed by atoms with Crippen molar-refractivity contribution in [2.45, 2.75) is 212 Å². The van der Waals surface area contributed by atoms with Gasteiger partial charge in [-0.3, -0.25) is 18.6 Å². The number of nitrogens with two attached hydrogens (primary N) is 1. The Balaban J connectivity index is 4.27. The van der Waals surface area contributed by atoms with Crippen molar-refractivity contribution in [3.05, 3.63) is 48.6 Å². The number of unbranched alkanes of at least 4 members (excludes halogenated alkanes) is 21. The van der Waals surface area contributed by atoms with Crippen LogP contribution in [-0.4, -0.2) is 60.5 Å². The van der Waals surface area contributed by atoms with Gasteiger partial charge in [0, 0.05) is 19.4 Å². The van der Waals surface area contributed by atoms with Gasteiger partial charge in [-0.05, 0) is 44.9 Å². The van der Waals surface area contributed by atoms with Crippen molar-refractivity contribution >= 4 is 19.8 Å². The average molecular weight is 840 g/mol. The highest BCUT2D eigenvalue weighted by molar-refractivity contribution is 7.47. The highest BCUT2D eigenvalue weighted by Crippen LogP contribution is 2.43. The zero-order valence-corrected chi connectivity index (χ0v) is 37.8. The van der Waals surface area contributed by atoms with Crippen LogP contribution in [0.3, 0.4) is 0 Å². The summed E-state index contributed by atoms with van der Waals surface area (Å²) in [6, 6.07) is 0. The molecule has 0 aliphatic heterocycles. The topological polar surface area (TPSA) is 155 Å². The first-order valence-corrected chi connectivity index (χ1v) is 24.7. The maximum Gasteiger partial charge on any atom is 0.472 e. The van der Waals surface area contributed by atoms with Crippen molar-refractivity contribution < 1.29 is 42.7 Å². The SMILES string of the molecule is CCCCC/C=C\C/C=C\C/C=C\C=C\[C@@H](O)CCCC(=O)OC[C@H](COP(=O)(O)OCCN)OC(=O)CCCCCCCCCCCCCCCCCCCCC. The van der Waals surface area contributed by atoms with E-state index in [0.29, 0.717) is 19.3 Å². The lowest BCUT2D eigenvalue weighted by molar-refractivity contribution is -0.161. The molecular weight excluding hydrogens is 753 g/mol. The average Bonchev–Trinajstić information content (AvgIpc) is 3.20. The van der Waals surface area contributed by atoms with E-state index in [-0.39, 0.29) is 32.6 Å². The van der Waals surface area contributed by atoms with E-state index in [1.54, 1.807) is 12.2 Å². The second kappa shape index (κ2) is 43.0. The van der Waals surface area contributed by atoms with E-state index in [1.165, 1.54) is 116 Å². The highest BCUT2D eigenvalue weighted by atomic mass is 31.2. The number of hydrogen-bond donors (Lipinski definition) is 3. The number of allylic oxidation sites excluding steroid dienone is 7. The Bertz CT molecular complexity index is 1110. The Kier molecular flexibility index (Phi) is 41.5. The fourth-order valence-electron chi connectivity index (χ4n) is 6.33. The molecule has 3 atom stereocenters. The van der Waals surface area contributed by atoms with Crippen LogP contribution in [0.15, 0.2) is 48.6 Å². The number of esters is 2. The van der Waals surface area contributed by atoms with Gasteiger partial charge in [0.25, 0.3) is 0 Å². The van der Waals surface area contributed by atoms with Crippen LogP contribution in [0.5, 0.6) is 0 Å². The molecule has 338 valence electrons. The summed E-state index contributed by atoms with van der Waals surface area (Å²) in [5, 5.41) is 10.3. The van der Waals surface area contributed by atoms with Gasteiger partial charge in [-0.25, -0.2) is 4.57 Å². The molecule has 58 heavy (non-hydrogen) atoms. The predicted octanol–water partition coefficient (Wildman–Crippen LogP) is 12.5. The van der Waals surface area contributed by atoms with Gasteiger partial charge >= 0.3 is 19.8 Å². The smallest absolute Gasteiger partial charge is 0.462 e. The molecule has 0 aromatic rings. The van der Waals surface area contributed by atoms with Gasteiger partial charge in [0.1, 0.15) is 6.61 Å². The maximum absolute atomic E-state index is 12.6. The summed E-state index contributed by atoms with van der Waals surface area (Å²) in [7, 11) is -4.42. The van der Waals surface area contributed by atoms with Crippen LogP contribution in [-0.2, 0) is 32.7 Å². The minimum atomic E-state index is -4.42. The maximum atomic E-state index is 12.6. The van der Waals surface area contributed by atoms with Gasteiger partial charge in [0.05, 0.1) is 19.3 Å². The molecule has 0 fully saturated rings. The number of ether oxygens (including phenoxy) is 2. The van der Waals surface area contributed by atoms with E-state index in [2.05, 4.69) is 38.2 Å². The van der Waals surface area contributed by atoms with Crippen molar-refractivity contribution in [1.29, 1.82) is 0 Å².